The average molecular weight is 366 g/mol. The number of carboxylic acid groups (broad SMARTS) is 2. The summed E-state index contributed by atoms with van der Waals surface area (Å²) in [5.41, 5.74) is 6.12. The number of aliphatic carboxylic acids is 2. The monoisotopic (exact) mass is 366 g/mol. The molecule has 0 fully saturated rings. The number of benzene rings is 1. The molecule has 0 aliphatic rings. The van der Waals surface area contributed by atoms with Crippen molar-refractivity contribution in [3.63, 3.8) is 0 Å². The van der Waals surface area contributed by atoms with Gasteiger partial charge in [0.2, 0.25) is 5.91 Å². The lowest BCUT2D eigenvalue weighted by molar-refractivity contribution is -0.155. The Morgan fingerprint density at radius 2 is 1.65 bits per heavy atom. The molecule has 10 nitrogen and oxygen atoms in total. The molecule has 0 heterocycles. The molecule has 1 aromatic rings. The number of ketones is 1. The highest BCUT2D eigenvalue weighted by Gasteiger charge is 2.28. The van der Waals surface area contributed by atoms with Gasteiger partial charge in [0, 0.05) is 6.42 Å². The van der Waals surface area contributed by atoms with Crippen LogP contribution in [-0.2, 0) is 35.3 Å². The second-order valence-electron chi connectivity index (χ2n) is 5.29. The van der Waals surface area contributed by atoms with Gasteiger partial charge >= 0.3 is 17.9 Å². The summed E-state index contributed by atoms with van der Waals surface area (Å²) in [6.07, 6.45) is -1.54. The lowest BCUT2D eigenvalue weighted by Gasteiger charge is -2.14. The number of hydrogen-bond acceptors (Lipinski definition) is 7. The fraction of sp³-hybridized carbons (Fsp3) is 0.312. The highest BCUT2D eigenvalue weighted by Crippen LogP contribution is 2.03. The minimum absolute atomic E-state index is 0.149. The number of carbonyl (C=O) groups is 5. The van der Waals surface area contributed by atoms with Gasteiger partial charge in [-0.2, -0.15) is 0 Å². The topological polar surface area (TPSA) is 173 Å². The summed E-state index contributed by atoms with van der Waals surface area (Å²) < 4.78 is 4.79. The molecule has 10 heteroatoms. The molecular weight excluding hydrogens is 348 g/mol. The standard InChI is InChI=1S/C16H18N2O8/c17-10(6-12(19)18-11(15(23)24)7-13(20)21)14(22)16(25)26-8-9-4-2-1-3-5-9/h1-5,10-11H,6-8,17H2,(H,18,19)(H,20,21)(H,23,24)/t10-,11-/m0/s1. The first kappa shape index (κ1) is 20.8. The summed E-state index contributed by atoms with van der Waals surface area (Å²) in [5.74, 6) is -6.34. The van der Waals surface area contributed by atoms with Gasteiger partial charge in [-0.15, -0.1) is 0 Å². The van der Waals surface area contributed by atoms with E-state index in [2.05, 4.69) is 0 Å². The average Bonchev–Trinajstić information content (AvgIpc) is 2.58. The summed E-state index contributed by atoms with van der Waals surface area (Å²) in [5, 5.41) is 19.3. The molecule has 140 valence electrons. The predicted octanol–water partition coefficient (Wildman–Crippen LogP) is -0.940. The van der Waals surface area contributed by atoms with Crippen molar-refractivity contribution >= 4 is 29.6 Å². The van der Waals surface area contributed by atoms with Gasteiger partial charge in [0.15, 0.2) is 0 Å². The molecule has 0 bridgehead atoms. The van der Waals surface area contributed by atoms with Crippen molar-refractivity contribution in [1.29, 1.82) is 0 Å². The van der Waals surface area contributed by atoms with E-state index in [9.17, 15) is 24.0 Å². The zero-order valence-electron chi connectivity index (χ0n) is 13.6. The molecule has 2 atom stereocenters. The van der Waals surface area contributed by atoms with E-state index in [1.807, 2.05) is 5.32 Å². The second-order valence-corrected chi connectivity index (χ2v) is 5.29. The molecule has 1 aromatic carbocycles. The van der Waals surface area contributed by atoms with Gasteiger partial charge in [-0.1, -0.05) is 30.3 Å². The summed E-state index contributed by atoms with van der Waals surface area (Å²) >= 11 is 0. The van der Waals surface area contributed by atoms with Crippen molar-refractivity contribution in [2.75, 3.05) is 0 Å². The zero-order chi connectivity index (χ0) is 19.7. The largest absolute Gasteiger partial charge is 0.481 e. The lowest BCUT2D eigenvalue weighted by Crippen LogP contribution is -2.46. The molecule has 0 radical (unpaired) electrons. The fourth-order valence-electron chi connectivity index (χ4n) is 1.87. The van der Waals surface area contributed by atoms with Crippen LogP contribution in [0.5, 0.6) is 0 Å². The van der Waals surface area contributed by atoms with E-state index in [0.717, 1.165) is 0 Å². The van der Waals surface area contributed by atoms with Crippen LogP contribution in [0, 0.1) is 0 Å². The fourth-order valence-corrected chi connectivity index (χ4v) is 1.87. The van der Waals surface area contributed by atoms with Gasteiger partial charge < -0.3 is 26.0 Å². The molecule has 0 aliphatic carbocycles. The molecule has 0 spiro atoms. The van der Waals surface area contributed by atoms with Crippen molar-refractivity contribution in [1.82, 2.24) is 5.32 Å². The van der Waals surface area contributed by atoms with Crippen molar-refractivity contribution in [2.45, 2.75) is 31.5 Å². The Labute approximate surface area is 147 Å². The Kier molecular flexibility index (Phi) is 7.90. The Morgan fingerprint density at radius 3 is 2.19 bits per heavy atom. The Hall–Kier alpha value is -3.27. The van der Waals surface area contributed by atoms with Crippen LogP contribution < -0.4 is 11.1 Å². The van der Waals surface area contributed by atoms with E-state index in [0.29, 0.717) is 5.56 Å². The maximum atomic E-state index is 11.8. The maximum absolute atomic E-state index is 11.8. The minimum atomic E-state index is -1.67. The first-order valence-corrected chi connectivity index (χ1v) is 7.45. The molecular formula is C16H18N2O8. The van der Waals surface area contributed by atoms with Gasteiger partial charge in [0.1, 0.15) is 12.6 Å². The van der Waals surface area contributed by atoms with Gasteiger partial charge in [0.25, 0.3) is 5.78 Å². The highest BCUT2D eigenvalue weighted by atomic mass is 16.5. The van der Waals surface area contributed by atoms with Crippen LogP contribution in [0.4, 0.5) is 0 Å². The number of carbonyl (C=O) groups excluding carboxylic acids is 3. The zero-order valence-corrected chi connectivity index (χ0v) is 13.6. The normalized spacial score (nSPS) is 12.5. The maximum Gasteiger partial charge on any atom is 0.376 e. The van der Waals surface area contributed by atoms with Gasteiger partial charge in [-0.05, 0) is 5.56 Å². The van der Waals surface area contributed by atoms with Crippen LogP contribution in [0.2, 0.25) is 0 Å². The number of ether oxygens (including phenoxy) is 1. The predicted molar refractivity (Wildman–Crippen MR) is 85.7 cm³/mol. The summed E-state index contributed by atoms with van der Waals surface area (Å²) in [6.45, 7) is -0.149. The minimum Gasteiger partial charge on any atom is -0.481 e. The highest BCUT2D eigenvalue weighted by molar-refractivity contribution is 6.36. The van der Waals surface area contributed by atoms with Crippen LogP contribution >= 0.6 is 0 Å². The number of Topliss-reactive ketones (excluding diaryl/α,β-unsaturated/α-hetero) is 1. The van der Waals surface area contributed by atoms with Gasteiger partial charge in [-0.3, -0.25) is 14.4 Å². The number of esters is 1. The van der Waals surface area contributed by atoms with Crippen LogP contribution in [0.15, 0.2) is 30.3 Å². The first-order valence-electron chi connectivity index (χ1n) is 7.45. The second kappa shape index (κ2) is 9.89. The van der Waals surface area contributed by atoms with Gasteiger partial charge in [-0.25, -0.2) is 9.59 Å². The molecule has 0 saturated heterocycles. The molecule has 1 amide bonds. The molecule has 0 unspecified atom stereocenters. The molecule has 5 N–H and O–H groups in total. The Balaban J connectivity index is 2.51. The van der Waals surface area contributed by atoms with E-state index in [1.54, 1.807) is 30.3 Å². The summed E-state index contributed by atoms with van der Waals surface area (Å²) in [6, 6.07) is 5.34. The van der Waals surface area contributed by atoms with Crippen molar-refractivity contribution in [2.24, 2.45) is 5.73 Å². The smallest absolute Gasteiger partial charge is 0.376 e. The number of hydrogen-bond donors (Lipinski definition) is 4. The van der Waals surface area contributed by atoms with Crippen molar-refractivity contribution in [3.05, 3.63) is 35.9 Å². The van der Waals surface area contributed by atoms with Gasteiger partial charge in [0.05, 0.1) is 12.5 Å². The van der Waals surface area contributed by atoms with Crippen LogP contribution in [0.1, 0.15) is 18.4 Å². The number of carboxylic acids is 2. The van der Waals surface area contributed by atoms with E-state index < -0.39 is 54.5 Å². The van der Waals surface area contributed by atoms with E-state index in [4.69, 9.17) is 20.7 Å². The molecule has 0 aromatic heterocycles. The Bertz CT molecular complexity index is 689. The number of rotatable bonds is 10. The van der Waals surface area contributed by atoms with Crippen LogP contribution in [-0.4, -0.2) is 51.9 Å². The molecule has 1 rings (SSSR count). The van der Waals surface area contributed by atoms with Crippen molar-refractivity contribution in [3.8, 4) is 0 Å². The third-order valence-corrected chi connectivity index (χ3v) is 3.17. The van der Waals surface area contributed by atoms with E-state index in [1.165, 1.54) is 0 Å². The summed E-state index contributed by atoms with van der Waals surface area (Å²) in [7, 11) is 0. The molecule has 0 aliphatic heterocycles. The third kappa shape index (κ3) is 7.09. The van der Waals surface area contributed by atoms with E-state index in [-0.39, 0.29) is 6.61 Å². The van der Waals surface area contributed by atoms with Crippen LogP contribution in [0.3, 0.4) is 0 Å². The quantitative estimate of drug-likeness (QED) is 0.301. The Morgan fingerprint density at radius 1 is 1.04 bits per heavy atom. The first-order chi connectivity index (χ1) is 12.2. The summed E-state index contributed by atoms with van der Waals surface area (Å²) in [4.78, 5) is 56.6. The van der Waals surface area contributed by atoms with E-state index >= 15 is 0 Å². The molecule has 0 saturated carbocycles. The number of amides is 1. The van der Waals surface area contributed by atoms with Crippen LogP contribution in [0.25, 0.3) is 0 Å². The lowest BCUT2D eigenvalue weighted by atomic mass is 10.1. The number of nitrogens with one attached hydrogen (secondary N) is 1. The third-order valence-electron chi connectivity index (χ3n) is 3.17. The number of nitrogens with two attached hydrogens (primary N) is 1. The van der Waals surface area contributed by atoms with Crippen molar-refractivity contribution < 1.29 is 38.9 Å². The SMILES string of the molecule is N[C@@H](CC(=O)N[C@@H](CC(=O)O)C(=O)O)C(=O)C(=O)OCc1ccccc1. The molecule has 26 heavy (non-hydrogen) atoms.